The predicted molar refractivity (Wildman–Crippen MR) is 212 cm³/mol. The molecule has 3 aromatic carbocycles. The van der Waals surface area contributed by atoms with Crippen LogP contribution in [0.3, 0.4) is 0 Å². The molecule has 0 aliphatic heterocycles. The van der Waals surface area contributed by atoms with Gasteiger partial charge in [-0.3, -0.25) is 14.4 Å². The fraction of sp³-hybridized carbons (Fsp3) is 0.357. The number of methoxy groups -OCH3 is 1. The standard InChI is InChI=1S/C42H47ClF4N2O6Si/c1-26(2)49-34(20-19-31(50)23-32(24-36(51)53-6)55-56(7,8)41(3,4)5)37(29-15-17-30(44)18-16-29)38(28-12-10-9-11-13-28)39(49)40(52)48-25-27-14-21-35(33(43)22-27)54-42(45,46)47/h9-22,26,32H,23-25H2,1-8H3,(H,48,52)/b20-19+/t32-/m1/s1. The van der Waals surface area contributed by atoms with Gasteiger partial charge in [-0.2, -0.15) is 0 Å². The quantitative estimate of drug-likeness (QED) is 0.0556. The number of benzene rings is 3. The molecule has 0 aliphatic rings. The lowest BCUT2D eigenvalue weighted by molar-refractivity contribution is -0.274. The highest BCUT2D eigenvalue weighted by Crippen LogP contribution is 2.43. The van der Waals surface area contributed by atoms with Crippen molar-refractivity contribution in [1.29, 1.82) is 0 Å². The van der Waals surface area contributed by atoms with Crippen molar-refractivity contribution in [3.8, 4) is 28.0 Å². The summed E-state index contributed by atoms with van der Waals surface area (Å²) in [6, 6.07) is 18.3. The zero-order valence-electron chi connectivity index (χ0n) is 32.6. The van der Waals surface area contributed by atoms with E-state index >= 15 is 0 Å². The van der Waals surface area contributed by atoms with Gasteiger partial charge in [-0.25, -0.2) is 4.39 Å². The van der Waals surface area contributed by atoms with Crippen LogP contribution in [0.2, 0.25) is 23.2 Å². The molecule has 1 atom stereocenters. The van der Waals surface area contributed by atoms with Crippen LogP contribution in [0.15, 0.2) is 78.9 Å². The number of carbonyl (C=O) groups excluding carboxylic acids is 3. The Morgan fingerprint density at radius 1 is 0.911 bits per heavy atom. The monoisotopic (exact) mass is 814 g/mol. The van der Waals surface area contributed by atoms with E-state index in [4.69, 9.17) is 20.8 Å². The van der Waals surface area contributed by atoms with Crippen molar-refractivity contribution >= 4 is 43.7 Å². The van der Waals surface area contributed by atoms with Crippen LogP contribution < -0.4 is 10.1 Å². The van der Waals surface area contributed by atoms with E-state index in [1.54, 1.807) is 22.8 Å². The van der Waals surface area contributed by atoms with Gasteiger partial charge in [0.2, 0.25) is 0 Å². The van der Waals surface area contributed by atoms with E-state index in [2.05, 4.69) is 30.8 Å². The molecule has 14 heteroatoms. The summed E-state index contributed by atoms with van der Waals surface area (Å²) in [6.45, 7) is 13.9. The predicted octanol–water partition coefficient (Wildman–Crippen LogP) is 10.9. The minimum absolute atomic E-state index is 0.103. The maximum Gasteiger partial charge on any atom is 0.573 e. The van der Waals surface area contributed by atoms with Gasteiger partial charge < -0.3 is 23.8 Å². The topological polar surface area (TPSA) is 95.9 Å². The van der Waals surface area contributed by atoms with E-state index in [1.807, 2.05) is 57.3 Å². The number of ketones is 1. The first-order valence-electron chi connectivity index (χ1n) is 18.0. The molecule has 0 spiro atoms. The second-order valence-corrected chi connectivity index (χ2v) is 20.3. The minimum Gasteiger partial charge on any atom is -0.469 e. The number of nitrogens with zero attached hydrogens (tertiary/aromatic N) is 1. The summed E-state index contributed by atoms with van der Waals surface area (Å²) in [6.07, 6.45) is -2.89. The van der Waals surface area contributed by atoms with Gasteiger partial charge in [-0.05, 0) is 85.1 Å². The number of hydrogen-bond acceptors (Lipinski definition) is 6. The Morgan fingerprint density at radius 2 is 1.54 bits per heavy atom. The molecule has 4 rings (SSSR count). The van der Waals surface area contributed by atoms with Gasteiger partial charge in [0.1, 0.15) is 17.3 Å². The minimum atomic E-state index is -4.93. The lowest BCUT2D eigenvalue weighted by Crippen LogP contribution is -2.44. The smallest absolute Gasteiger partial charge is 0.469 e. The van der Waals surface area contributed by atoms with E-state index < -0.39 is 44.2 Å². The second kappa shape index (κ2) is 18.0. The second-order valence-electron chi connectivity index (χ2n) is 15.1. The van der Waals surface area contributed by atoms with Crippen LogP contribution in [-0.2, 0) is 25.3 Å². The molecule has 1 aromatic heterocycles. The molecule has 1 amide bonds. The van der Waals surface area contributed by atoms with Gasteiger partial charge in [0, 0.05) is 30.1 Å². The number of esters is 1. The molecule has 4 aromatic rings. The van der Waals surface area contributed by atoms with Crippen LogP contribution in [0.25, 0.3) is 28.3 Å². The number of amides is 1. The number of ether oxygens (including phenoxy) is 2. The van der Waals surface area contributed by atoms with Crippen molar-refractivity contribution in [3.63, 3.8) is 0 Å². The van der Waals surface area contributed by atoms with Crippen LogP contribution >= 0.6 is 11.6 Å². The Balaban J connectivity index is 1.84. The molecule has 0 radical (unpaired) electrons. The Hall–Kier alpha value is -4.72. The van der Waals surface area contributed by atoms with Crippen molar-refractivity contribution in [2.75, 3.05) is 7.11 Å². The van der Waals surface area contributed by atoms with Gasteiger partial charge in [-0.1, -0.05) is 80.9 Å². The number of halogens is 5. The molecular formula is C42H47ClF4N2O6Si. The molecule has 0 saturated heterocycles. The molecular weight excluding hydrogens is 768 g/mol. The average molecular weight is 815 g/mol. The first-order chi connectivity index (χ1) is 26.1. The third kappa shape index (κ3) is 11.2. The Bertz CT molecular complexity index is 2060. The van der Waals surface area contributed by atoms with Crippen LogP contribution in [0.4, 0.5) is 17.6 Å². The number of rotatable bonds is 15. The summed E-state index contributed by atoms with van der Waals surface area (Å²) in [4.78, 5) is 40.6. The van der Waals surface area contributed by atoms with E-state index in [9.17, 15) is 31.9 Å². The number of carbonyl (C=O) groups is 3. The summed E-state index contributed by atoms with van der Waals surface area (Å²) in [5.74, 6) is -2.41. The van der Waals surface area contributed by atoms with Gasteiger partial charge in [-0.15, -0.1) is 13.2 Å². The van der Waals surface area contributed by atoms with Gasteiger partial charge in [0.25, 0.3) is 5.91 Å². The fourth-order valence-corrected chi connectivity index (χ4v) is 7.53. The zero-order chi connectivity index (χ0) is 41.6. The van der Waals surface area contributed by atoms with Crippen molar-refractivity contribution in [1.82, 2.24) is 9.88 Å². The van der Waals surface area contributed by atoms with Crippen molar-refractivity contribution in [2.24, 2.45) is 0 Å². The van der Waals surface area contributed by atoms with Crippen molar-refractivity contribution in [2.45, 2.75) is 90.6 Å². The summed E-state index contributed by atoms with van der Waals surface area (Å²) >= 11 is 6.09. The van der Waals surface area contributed by atoms with Crippen LogP contribution in [0, 0.1) is 5.82 Å². The van der Waals surface area contributed by atoms with E-state index in [-0.39, 0.29) is 47.0 Å². The first kappa shape index (κ1) is 44.0. The van der Waals surface area contributed by atoms with E-state index in [0.29, 0.717) is 33.5 Å². The zero-order valence-corrected chi connectivity index (χ0v) is 34.4. The van der Waals surface area contributed by atoms with E-state index in [1.165, 1.54) is 37.5 Å². The SMILES string of the molecule is COC(=O)C[C@@H](CC(=O)/C=C/c1c(-c2ccc(F)cc2)c(-c2ccccc2)c(C(=O)NCc2ccc(OC(F)(F)F)c(Cl)c2)n1C(C)C)O[Si](C)(C)C(C)(C)C. The highest BCUT2D eigenvalue weighted by atomic mass is 35.5. The third-order valence-corrected chi connectivity index (χ3v) is 14.4. The Labute approximate surface area is 330 Å². The molecule has 0 fully saturated rings. The molecule has 8 nitrogen and oxygen atoms in total. The van der Waals surface area contributed by atoms with Crippen molar-refractivity contribution < 1.29 is 45.8 Å². The molecule has 0 aliphatic carbocycles. The Kier molecular flexibility index (Phi) is 14.2. The Morgan fingerprint density at radius 3 is 2.09 bits per heavy atom. The number of alkyl halides is 3. The van der Waals surface area contributed by atoms with Gasteiger partial charge in [0.15, 0.2) is 14.1 Å². The largest absolute Gasteiger partial charge is 0.573 e. The number of aromatic nitrogens is 1. The normalized spacial score (nSPS) is 12.9. The molecule has 300 valence electrons. The molecule has 0 unspecified atom stereocenters. The first-order valence-corrected chi connectivity index (χ1v) is 21.3. The summed E-state index contributed by atoms with van der Waals surface area (Å²) in [5, 5.41) is 2.40. The number of allylic oxidation sites excluding steroid dienone is 1. The summed E-state index contributed by atoms with van der Waals surface area (Å²) in [7, 11) is -1.13. The highest BCUT2D eigenvalue weighted by molar-refractivity contribution is 6.74. The van der Waals surface area contributed by atoms with Crippen LogP contribution in [0.5, 0.6) is 5.75 Å². The van der Waals surface area contributed by atoms with Gasteiger partial charge in [0.05, 0.1) is 30.4 Å². The number of nitrogens with one attached hydrogen (secondary N) is 1. The van der Waals surface area contributed by atoms with Crippen molar-refractivity contribution in [3.05, 3.63) is 107 Å². The van der Waals surface area contributed by atoms with E-state index in [0.717, 1.165) is 6.07 Å². The molecule has 1 N–H and O–H groups in total. The van der Waals surface area contributed by atoms with Crippen LogP contribution in [-0.4, -0.2) is 50.1 Å². The lowest BCUT2D eigenvalue weighted by Gasteiger charge is -2.39. The molecule has 1 heterocycles. The molecule has 0 saturated carbocycles. The average Bonchev–Trinajstić information content (AvgIpc) is 3.45. The van der Waals surface area contributed by atoms with Crippen LogP contribution in [0.1, 0.15) is 75.2 Å². The maximum absolute atomic E-state index is 14.4. The number of hydrogen-bond donors (Lipinski definition) is 1. The third-order valence-electron chi connectivity index (χ3n) is 9.59. The fourth-order valence-electron chi connectivity index (χ4n) is 5.94. The molecule has 0 bridgehead atoms. The highest BCUT2D eigenvalue weighted by Gasteiger charge is 2.40. The summed E-state index contributed by atoms with van der Waals surface area (Å²) in [5.41, 5.74) is 3.41. The molecule has 56 heavy (non-hydrogen) atoms. The van der Waals surface area contributed by atoms with Gasteiger partial charge >= 0.3 is 12.3 Å². The maximum atomic E-state index is 14.4. The summed E-state index contributed by atoms with van der Waals surface area (Å²) < 4.78 is 70.0. The lowest BCUT2D eigenvalue weighted by atomic mass is 9.94.